The number of halogens is 1. The molecule has 0 aliphatic carbocycles. The fraction of sp³-hybridized carbons (Fsp3) is 0.500. The van der Waals surface area contributed by atoms with Crippen LogP contribution < -0.4 is 0 Å². The summed E-state index contributed by atoms with van der Waals surface area (Å²) in [7, 11) is 0. The van der Waals surface area contributed by atoms with Crippen LogP contribution in [-0.2, 0) is 22.4 Å². The van der Waals surface area contributed by atoms with Gasteiger partial charge in [0.1, 0.15) is 22.8 Å². The van der Waals surface area contributed by atoms with Crippen LogP contribution in [0.4, 0.5) is 14.0 Å². The molecule has 1 aliphatic heterocycles. The summed E-state index contributed by atoms with van der Waals surface area (Å²) < 4.78 is 26.9. The zero-order valence-electron chi connectivity index (χ0n) is 18.7. The third-order valence-electron chi connectivity index (χ3n) is 4.56. The average Bonchev–Trinajstić information content (AvgIpc) is 3.11. The van der Waals surface area contributed by atoms with Gasteiger partial charge in [-0.25, -0.2) is 14.0 Å². The van der Waals surface area contributed by atoms with Gasteiger partial charge in [0.25, 0.3) is 0 Å². The molecule has 31 heavy (non-hydrogen) atoms. The number of phenols is 1. The van der Waals surface area contributed by atoms with Crippen LogP contribution in [0.25, 0.3) is 11.1 Å². The molecule has 1 aromatic carbocycles. The van der Waals surface area contributed by atoms with Crippen molar-refractivity contribution in [3.05, 3.63) is 35.4 Å². The van der Waals surface area contributed by atoms with Crippen LogP contribution in [-0.4, -0.2) is 49.7 Å². The molecule has 2 aromatic rings. The van der Waals surface area contributed by atoms with E-state index in [1.165, 1.54) is 23.4 Å². The van der Waals surface area contributed by atoms with Crippen molar-refractivity contribution in [1.29, 1.82) is 0 Å². The standard InChI is InChI=1S/C22H28FN3O5/c1-21(2,3)30-19(28)25-8-7-14-16(12-25)17(27)9-15(18(14)23)13-10-24-26(11-13)20(29)31-22(4,5)6/h9-11,27H,7-8,12H2,1-6H3. The van der Waals surface area contributed by atoms with Gasteiger partial charge in [-0.2, -0.15) is 9.78 Å². The third kappa shape index (κ3) is 5.15. The van der Waals surface area contributed by atoms with Crippen molar-refractivity contribution in [3.8, 4) is 16.9 Å². The maximum atomic E-state index is 15.3. The summed E-state index contributed by atoms with van der Waals surface area (Å²) in [6.07, 6.45) is 1.72. The number of aromatic hydroxyl groups is 1. The molecular weight excluding hydrogens is 405 g/mol. The molecule has 1 aliphatic rings. The maximum absolute atomic E-state index is 15.3. The fourth-order valence-corrected chi connectivity index (χ4v) is 3.25. The molecule has 1 N–H and O–H groups in total. The number of benzene rings is 1. The second kappa shape index (κ2) is 7.86. The zero-order valence-corrected chi connectivity index (χ0v) is 18.7. The summed E-state index contributed by atoms with van der Waals surface area (Å²) in [6.45, 7) is 10.8. The van der Waals surface area contributed by atoms with Crippen LogP contribution in [0.5, 0.6) is 5.75 Å². The minimum atomic E-state index is -0.696. The van der Waals surface area contributed by atoms with E-state index in [9.17, 15) is 14.7 Å². The van der Waals surface area contributed by atoms with Gasteiger partial charge in [0, 0.05) is 29.4 Å². The van der Waals surface area contributed by atoms with Gasteiger partial charge in [0.2, 0.25) is 0 Å². The predicted molar refractivity (Wildman–Crippen MR) is 111 cm³/mol. The van der Waals surface area contributed by atoms with Gasteiger partial charge in [-0.15, -0.1) is 0 Å². The van der Waals surface area contributed by atoms with Gasteiger partial charge in [-0.1, -0.05) is 0 Å². The third-order valence-corrected chi connectivity index (χ3v) is 4.56. The Labute approximate surface area is 180 Å². The second-order valence-corrected chi connectivity index (χ2v) is 9.52. The lowest BCUT2D eigenvalue weighted by Crippen LogP contribution is -2.40. The van der Waals surface area contributed by atoms with Gasteiger partial charge >= 0.3 is 12.2 Å². The number of fused-ring (bicyclic) bond motifs is 1. The molecule has 0 fully saturated rings. The van der Waals surface area contributed by atoms with Crippen LogP contribution in [0.3, 0.4) is 0 Å². The number of hydrogen-bond acceptors (Lipinski definition) is 6. The van der Waals surface area contributed by atoms with E-state index in [-0.39, 0.29) is 30.8 Å². The van der Waals surface area contributed by atoms with Gasteiger partial charge in [-0.05, 0) is 59.6 Å². The van der Waals surface area contributed by atoms with Crippen molar-refractivity contribution in [3.63, 3.8) is 0 Å². The minimum Gasteiger partial charge on any atom is -0.508 e. The molecule has 1 aromatic heterocycles. The van der Waals surface area contributed by atoms with E-state index in [4.69, 9.17) is 9.47 Å². The lowest BCUT2D eigenvalue weighted by atomic mass is 9.93. The van der Waals surface area contributed by atoms with E-state index in [1.54, 1.807) is 41.5 Å². The summed E-state index contributed by atoms with van der Waals surface area (Å²) >= 11 is 0. The van der Waals surface area contributed by atoms with E-state index >= 15 is 4.39 Å². The van der Waals surface area contributed by atoms with Gasteiger partial charge < -0.3 is 19.5 Å². The first kappa shape index (κ1) is 22.6. The monoisotopic (exact) mass is 433 g/mol. The van der Waals surface area contributed by atoms with Crippen LogP contribution in [0.2, 0.25) is 0 Å². The molecule has 0 unspecified atom stereocenters. The Morgan fingerprint density at radius 1 is 1.06 bits per heavy atom. The Bertz CT molecular complexity index is 1020. The van der Waals surface area contributed by atoms with Crippen molar-refractivity contribution in [2.45, 2.75) is 65.7 Å². The highest BCUT2D eigenvalue weighted by molar-refractivity contribution is 5.74. The molecule has 1 amide bonds. The summed E-state index contributed by atoms with van der Waals surface area (Å²) in [5.41, 5.74) is -0.216. The molecule has 0 atom stereocenters. The number of rotatable bonds is 1. The molecule has 2 heterocycles. The van der Waals surface area contributed by atoms with Crippen LogP contribution in [0.1, 0.15) is 52.7 Å². The van der Waals surface area contributed by atoms with Crippen molar-refractivity contribution >= 4 is 12.2 Å². The molecule has 0 saturated carbocycles. The highest BCUT2D eigenvalue weighted by Gasteiger charge is 2.30. The van der Waals surface area contributed by atoms with Crippen molar-refractivity contribution in [2.24, 2.45) is 0 Å². The summed E-state index contributed by atoms with van der Waals surface area (Å²) in [4.78, 5) is 26.0. The number of phenolic OH excluding ortho intramolecular Hbond substituents is 1. The predicted octanol–water partition coefficient (Wildman–Crippen LogP) is 4.47. The van der Waals surface area contributed by atoms with E-state index in [0.29, 0.717) is 16.7 Å². The minimum absolute atomic E-state index is 0.0461. The van der Waals surface area contributed by atoms with Crippen LogP contribution >= 0.6 is 0 Å². The first-order valence-electron chi connectivity index (χ1n) is 10.0. The number of amides is 1. The fourth-order valence-electron chi connectivity index (χ4n) is 3.25. The van der Waals surface area contributed by atoms with Gasteiger partial charge in [0.15, 0.2) is 0 Å². The molecule has 168 valence electrons. The lowest BCUT2D eigenvalue weighted by molar-refractivity contribution is 0.0221. The van der Waals surface area contributed by atoms with E-state index in [2.05, 4.69) is 5.10 Å². The second-order valence-electron chi connectivity index (χ2n) is 9.52. The summed E-state index contributed by atoms with van der Waals surface area (Å²) in [5.74, 6) is -0.648. The maximum Gasteiger partial charge on any atom is 0.435 e. The number of aromatic nitrogens is 2. The highest BCUT2D eigenvalue weighted by atomic mass is 19.1. The van der Waals surface area contributed by atoms with Crippen molar-refractivity contribution < 1.29 is 28.6 Å². The Hall–Kier alpha value is -3.10. The quantitative estimate of drug-likeness (QED) is 0.713. The Balaban J connectivity index is 1.87. The SMILES string of the molecule is CC(C)(C)OC(=O)N1CCc2c(F)c(-c3cnn(C(=O)OC(C)(C)C)c3)cc(O)c2C1. The van der Waals surface area contributed by atoms with E-state index in [1.807, 2.05) is 0 Å². The summed E-state index contributed by atoms with van der Waals surface area (Å²) in [6, 6.07) is 1.28. The van der Waals surface area contributed by atoms with Crippen molar-refractivity contribution in [2.75, 3.05) is 6.54 Å². The Morgan fingerprint density at radius 3 is 2.29 bits per heavy atom. The zero-order chi connectivity index (χ0) is 23.1. The number of hydrogen-bond donors (Lipinski definition) is 1. The first-order chi connectivity index (χ1) is 14.2. The molecule has 0 bridgehead atoms. The number of nitrogens with zero attached hydrogens (tertiary/aromatic N) is 3. The molecule has 0 spiro atoms. The number of carbonyl (C=O) groups is 2. The molecule has 0 saturated heterocycles. The lowest BCUT2D eigenvalue weighted by Gasteiger charge is -2.32. The van der Waals surface area contributed by atoms with E-state index < -0.39 is 29.2 Å². The van der Waals surface area contributed by atoms with Gasteiger partial charge in [0.05, 0.1) is 12.7 Å². The van der Waals surface area contributed by atoms with Gasteiger partial charge in [-0.3, -0.25) is 0 Å². The summed E-state index contributed by atoms with van der Waals surface area (Å²) in [5, 5.41) is 14.5. The Morgan fingerprint density at radius 2 is 1.68 bits per heavy atom. The highest BCUT2D eigenvalue weighted by Crippen LogP contribution is 2.36. The average molecular weight is 433 g/mol. The molecule has 3 rings (SSSR count). The van der Waals surface area contributed by atoms with Crippen LogP contribution in [0.15, 0.2) is 18.5 Å². The van der Waals surface area contributed by atoms with E-state index in [0.717, 1.165) is 4.68 Å². The number of ether oxygens (including phenoxy) is 2. The first-order valence-corrected chi connectivity index (χ1v) is 10.0. The molecule has 9 heteroatoms. The number of carbonyl (C=O) groups excluding carboxylic acids is 2. The van der Waals surface area contributed by atoms with Crippen molar-refractivity contribution in [1.82, 2.24) is 14.7 Å². The van der Waals surface area contributed by atoms with Crippen LogP contribution in [0, 0.1) is 5.82 Å². The normalized spacial score (nSPS) is 14.2. The largest absolute Gasteiger partial charge is 0.508 e. The Kier molecular flexibility index (Phi) is 5.73. The molecule has 0 radical (unpaired) electrons. The topological polar surface area (TPSA) is 93.9 Å². The molecule has 8 nitrogen and oxygen atoms in total. The molecular formula is C22H28FN3O5. The smallest absolute Gasteiger partial charge is 0.435 e.